The second-order valence-corrected chi connectivity index (χ2v) is 8.61. The Labute approximate surface area is 185 Å². The van der Waals surface area contributed by atoms with Crippen LogP contribution in [0.1, 0.15) is 34.3 Å². The van der Waals surface area contributed by atoms with Crippen molar-refractivity contribution in [3.63, 3.8) is 0 Å². The van der Waals surface area contributed by atoms with Crippen LogP contribution in [0.15, 0.2) is 42.5 Å². The number of hydrogen-bond donors (Lipinski definition) is 2. The number of nitrogens with one attached hydrogen (secondary N) is 1. The van der Waals surface area contributed by atoms with Gasteiger partial charge in [0.25, 0.3) is 5.91 Å². The molecule has 1 saturated heterocycles. The number of para-hydroxylation sites is 2. The van der Waals surface area contributed by atoms with Crippen LogP contribution in [0, 0.1) is 5.41 Å². The van der Waals surface area contributed by atoms with E-state index in [4.69, 9.17) is 4.74 Å². The fourth-order valence-electron chi connectivity index (χ4n) is 4.96. The molecule has 2 amide bonds. The van der Waals surface area contributed by atoms with Gasteiger partial charge in [0.05, 0.1) is 23.1 Å². The highest BCUT2D eigenvalue weighted by Gasteiger charge is 2.44. The van der Waals surface area contributed by atoms with Crippen LogP contribution in [0.2, 0.25) is 0 Å². The molecule has 8 heteroatoms. The maximum absolute atomic E-state index is 13.2. The van der Waals surface area contributed by atoms with Gasteiger partial charge in [0.2, 0.25) is 11.9 Å². The van der Waals surface area contributed by atoms with Crippen molar-refractivity contribution >= 4 is 28.8 Å². The van der Waals surface area contributed by atoms with E-state index in [9.17, 15) is 14.8 Å². The van der Waals surface area contributed by atoms with Crippen LogP contribution in [-0.4, -0.2) is 46.8 Å². The Hall–Kier alpha value is -3.23. The van der Waals surface area contributed by atoms with Crippen LogP contribution in [0.5, 0.6) is 0 Å². The summed E-state index contributed by atoms with van der Waals surface area (Å²) in [4.78, 5) is 30.1. The van der Waals surface area contributed by atoms with Crippen molar-refractivity contribution in [2.45, 2.75) is 32.2 Å². The molecule has 1 aliphatic carbocycles. The molecule has 1 spiro atoms. The topological polar surface area (TPSA) is 96.7 Å². The number of hydrogen-bond acceptors (Lipinski definition) is 5. The van der Waals surface area contributed by atoms with E-state index < -0.39 is 5.91 Å². The number of aromatic nitrogens is 2. The zero-order valence-corrected chi connectivity index (χ0v) is 18.0. The van der Waals surface area contributed by atoms with Crippen molar-refractivity contribution in [3.05, 3.63) is 59.2 Å². The fourth-order valence-corrected chi connectivity index (χ4v) is 4.96. The molecule has 1 atom stereocenters. The van der Waals surface area contributed by atoms with Crippen LogP contribution in [0.25, 0.3) is 11.0 Å². The van der Waals surface area contributed by atoms with E-state index in [1.165, 1.54) is 0 Å². The third-order valence-electron chi connectivity index (χ3n) is 6.76. The highest BCUT2D eigenvalue weighted by atomic mass is 16.5. The summed E-state index contributed by atoms with van der Waals surface area (Å²) in [6.07, 6.45) is 3.08. The number of anilines is 1. The molecule has 1 aliphatic heterocycles. The lowest BCUT2D eigenvalue weighted by Crippen LogP contribution is -2.37. The summed E-state index contributed by atoms with van der Waals surface area (Å²) in [6, 6.07) is 13.0. The summed E-state index contributed by atoms with van der Waals surface area (Å²) in [6.45, 7) is 1.56. The average molecular weight is 434 g/mol. The molecule has 32 heavy (non-hydrogen) atoms. The van der Waals surface area contributed by atoms with Crippen LogP contribution < -0.4 is 10.4 Å². The first kappa shape index (κ1) is 20.7. The van der Waals surface area contributed by atoms with Gasteiger partial charge in [-0.3, -0.25) is 14.8 Å². The van der Waals surface area contributed by atoms with Crippen molar-refractivity contribution in [1.82, 2.24) is 14.9 Å². The van der Waals surface area contributed by atoms with Crippen molar-refractivity contribution in [1.29, 1.82) is 0 Å². The van der Waals surface area contributed by atoms with Crippen molar-refractivity contribution in [2.24, 2.45) is 5.41 Å². The molecule has 0 bridgehead atoms. The number of fused-ring (bicyclic) bond motifs is 2. The molecule has 1 aromatic heterocycles. The smallest absolute Gasteiger partial charge is 0.284 e. The molecule has 2 heterocycles. The SMILES string of the molecule is COCCn1c(N(O)C(=O)c2ccc3c(c2)C[C@@]2(CCNC2=O)CC3)nc2ccccc21. The average Bonchev–Trinajstić information content (AvgIpc) is 3.36. The molecule has 166 valence electrons. The molecule has 0 saturated carbocycles. The van der Waals surface area contributed by atoms with Gasteiger partial charge in [-0.25, -0.2) is 4.98 Å². The van der Waals surface area contributed by atoms with Gasteiger partial charge in [-0.15, -0.1) is 0 Å². The van der Waals surface area contributed by atoms with Crippen LogP contribution in [0.3, 0.4) is 0 Å². The summed E-state index contributed by atoms with van der Waals surface area (Å²) in [5.41, 5.74) is 3.65. The lowest BCUT2D eigenvalue weighted by Gasteiger charge is -2.32. The zero-order valence-electron chi connectivity index (χ0n) is 18.0. The van der Waals surface area contributed by atoms with Gasteiger partial charge in [-0.1, -0.05) is 18.2 Å². The van der Waals surface area contributed by atoms with E-state index in [0.29, 0.717) is 42.3 Å². The minimum Gasteiger partial charge on any atom is -0.383 e. The van der Waals surface area contributed by atoms with Gasteiger partial charge in [0.15, 0.2) is 0 Å². The van der Waals surface area contributed by atoms with Crippen molar-refractivity contribution in [2.75, 3.05) is 25.3 Å². The number of ether oxygens (including phenoxy) is 1. The second-order valence-electron chi connectivity index (χ2n) is 8.61. The highest BCUT2D eigenvalue weighted by Crippen LogP contribution is 2.41. The minimum atomic E-state index is -0.558. The van der Waals surface area contributed by atoms with Gasteiger partial charge in [-0.05, 0) is 61.1 Å². The van der Waals surface area contributed by atoms with Gasteiger partial charge in [0, 0.05) is 25.8 Å². The fraction of sp³-hybridized carbons (Fsp3) is 0.375. The quantitative estimate of drug-likeness (QED) is 0.475. The lowest BCUT2D eigenvalue weighted by atomic mass is 9.70. The Morgan fingerprint density at radius 3 is 2.88 bits per heavy atom. The largest absolute Gasteiger partial charge is 0.383 e. The van der Waals surface area contributed by atoms with E-state index in [-0.39, 0.29) is 17.3 Å². The summed E-state index contributed by atoms with van der Waals surface area (Å²) in [5.74, 6) is -0.301. The molecule has 1 fully saturated rings. The van der Waals surface area contributed by atoms with Crippen LogP contribution in [-0.2, 0) is 28.9 Å². The number of methoxy groups -OCH3 is 1. The Morgan fingerprint density at radius 2 is 2.09 bits per heavy atom. The predicted molar refractivity (Wildman–Crippen MR) is 119 cm³/mol. The highest BCUT2D eigenvalue weighted by molar-refractivity contribution is 6.04. The molecule has 3 aromatic rings. The van der Waals surface area contributed by atoms with Gasteiger partial charge < -0.3 is 14.6 Å². The van der Waals surface area contributed by atoms with Crippen LogP contribution >= 0.6 is 0 Å². The standard InChI is InChI=1S/C24H26N4O4/c1-32-13-12-27-20-5-3-2-4-19(20)26-23(27)28(31)21(29)17-7-6-16-8-9-24(15-18(16)14-17)10-11-25-22(24)30/h2-7,14,31H,8-13,15H2,1H3,(H,25,30)/t24-/m0/s1. The number of amides is 2. The molecule has 2 aromatic carbocycles. The normalized spacial score (nSPS) is 19.9. The molecule has 0 unspecified atom stereocenters. The minimum absolute atomic E-state index is 0.107. The molecule has 2 N–H and O–H groups in total. The number of benzene rings is 2. The number of hydroxylamine groups is 1. The Bertz CT molecular complexity index is 1200. The lowest BCUT2D eigenvalue weighted by molar-refractivity contribution is -0.128. The number of nitrogens with zero attached hydrogens (tertiary/aromatic N) is 3. The van der Waals surface area contributed by atoms with Crippen LogP contribution in [0.4, 0.5) is 5.95 Å². The first-order chi connectivity index (χ1) is 15.5. The first-order valence-electron chi connectivity index (χ1n) is 10.9. The third-order valence-corrected chi connectivity index (χ3v) is 6.76. The van der Waals surface area contributed by atoms with E-state index in [0.717, 1.165) is 35.9 Å². The van der Waals surface area contributed by atoms with Crippen molar-refractivity contribution < 1.29 is 19.5 Å². The monoisotopic (exact) mass is 434 g/mol. The molecule has 8 nitrogen and oxygen atoms in total. The Balaban J connectivity index is 1.46. The van der Waals surface area contributed by atoms with Gasteiger partial charge >= 0.3 is 0 Å². The summed E-state index contributed by atoms with van der Waals surface area (Å²) in [5, 5.41) is 14.4. The number of rotatable bonds is 5. The molecular weight excluding hydrogens is 408 g/mol. The number of carbonyl (C=O) groups excluding carboxylic acids is 2. The molecule has 0 radical (unpaired) electrons. The Kier molecular flexibility index (Phi) is 5.19. The summed E-state index contributed by atoms with van der Waals surface area (Å²) < 4.78 is 6.97. The molecular formula is C24H26N4O4. The molecule has 5 rings (SSSR count). The van der Waals surface area contributed by atoms with Gasteiger partial charge in [-0.2, -0.15) is 5.06 Å². The molecule has 2 aliphatic rings. The van der Waals surface area contributed by atoms with E-state index >= 15 is 0 Å². The first-order valence-corrected chi connectivity index (χ1v) is 10.9. The van der Waals surface area contributed by atoms with E-state index in [1.54, 1.807) is 17.7 Å². The maximum Gasteiger partial charge on any atom is 0.284 e. The maximum atomic E-state index is 13.2. The Morgan fingerprint density at radius 1 is 1.25 bits per heavy atom. The van der Waals surface area contributed by atoms with E-state index in [1.807, 2.05) is 36.4 Å². The summed E-state index contributed by atoms with van der Waals surface area (Å²) in [7, 11) is 1.60. The van der Waals surface area contributed by atoms with Gasteiger partial charge in [0.1, 0.15) is 0 Å². The number of aryl methyl sites for hydroxylation is 1. The third kappa shape index (κ3) is 3.36. The zero-order chi connectivity index (χ0) is 22.3. The predicted octanol–water partition coefficient (Wildman–Crippen LogP) is 2.71. The number of carbonyl (C=O) groups is 2. The van der Waals surface area contributed by atoms with Crippen molar-refractivity contribution in [3.8, 4) is 0 Å². The second kappa shape index (κ2) is 8.03. The summed E-state index contributed by atoms with van der Waals surface area (Å²) >= 11 is 0. The number of imidazole rings is 1. The van der Waals surface area contributed by atoms with E-state index in [2.05, 4.69) is 10.3 Å².